The van der Waals surface area contributed by atoms with Gasteiger partial charge in [-0.15, -0.1) is 11.8 Å². The third kappa shape index (κ3) is 2.64. The summed E-state index contributed by atoms with van der Waals surface area (Å²) in [6.45, 7) is 0. The standard InChI is InChI=1S/C10H7Cl2N3S/c1-16-7-4-2-6(3-5-7)8-13-9(11)15-10(12)14-8/h2-5H,1H3. The minimum absolute atomic E-state index is 0.101. The molecule has 1 aromatic carbocycles. The molecule has 2 aromatic rings. The third-order valence-corrected chi connectivity index (χ3v) is 3.01. The Morgan fingerprint density at radius 1 is 0.938 bits per heavy atom. The van der Waals surface area contributed by atoms with Gasteiger partial charge in [-0.05, 0) is 41.6 Å². The van der Waals surface area contributed by atoms with E-state index in [1.807, 2.05) is 30.5 Å². The first-order valence-electron chi connectivity index (χ1n) is 4.40. The molecule has 82 valence electrons. The normalized spacial score (nSPS) is 10.4. The van der Waals surface area contributed by atoms with E-state index in [-0.39, 0.29) is 10.6 Å². The van der Waals surface area contributed by atoms with Crippen molar-refractivity contribution in [3.63, 3.8) is 0 Å². The van der Waals surface area contributed by atoms with Crippen molar-refractivity contribution < 1.29 is 0 Å². The molecule has 0 aliphatic heterocycles. The molecule has 0 unspecified atom stereocenters. The summed E-state index contributed by atoms with van der Waals surface area (Å²) in [7, 11) is 0. The van der Waals surface area contributed by atoms with Crippen LogP contribution in [0.1, 0.15) is 0 Å². The third-order valence-electron chi connectivity index (χ3n) is 1.93. The quantitative estimate of drug-likeness (QED) is 0.783. The predicted molar refractivity (Wildman–Crippen MR) is 67.1 cm³/mol. The smallest absolute Gasteiger partial charge is 0.198 e. The number of rotatable bonds is 2. The van der Waals surface area contributed by atoms with Crippen LogP contribution in [0.2, 0.25) is 10.6 Å². The minimum Gasteiger partial charge on any atom is -0.198 e. The summed E-state index contributed by atoms with van der Waals surface area (Å²) in [6, 6.07) is 7.83. The highest BCUT2D eigenvalue weighted by Gasteiger charge is 2.05. The van der Waals surface area contributed by atoms with Gasteiger partial charge < -0.3 is 0 Å². The molecule has 6 heteroatoms. The lowest BCUT2D eigenvalue weighted by Crippen LogP contribution is -1.93. The molecule has 0 bridgehead atoms. The van der Waals surface area contributed by atoms with Crippen molar-refractivity contribution in [1.29, 1.82) is 0 Å². The first-order chi connectivity index (χ1) is 7.69. The average Bonchev–Trinajstić information content (AvgIpc) is 2.28. The van der Waals surface area contributed by atoms with E-state index in [4.69, 9.17) is 23.2 Å². The highest BCUT2D eigenvalue weighted by Crippen LogP contribution is 2.21. The van der Waals surface area contributed by atoms with Gasteiger partial charge in [0.25, 0.3) is 0 Å². The van der Waals surface area contributed by atoms with E-state index in [2.05, 4.69) is 15.0 Å². The maximum Gasteiger partial charge on any atom is 0.227 e. The van der Waals surface area contributed by atoms with Gasteiger partial charge in [0.15, 0.2) is 5.82 Å². The van der Waals surface area contributed by atoms with E-state index in [1.54, 1.807) is 11.8 Å². The molecule has 1 aromatic heterocycles. The highest BCUT2D eigenvalue weighted by molar-refractivity contribution is 7.98. The molecule has 0 aliphatic carbocycles. The van der Waals surface area contributed by atoms with Gasteiger partial charge in [-0.1, -0.05) is 12.1 Å². The van der Waals surface area contributed by atoms with Crippen LogP contribution in [0.4, 0.5) is 0 Å². The van der Waals surface area contributed by atoms with Crippen molar-refractivity contribution in [3.05, 3.63) is 34.8 Å². The van der Waals surface area contributed by atoms with Gasteiger partial charge in [0, 0.05) is 10.5 Å². The van der Waals surface area contributed by atoms with Crippen LogP contribution in [0.15, 0.2) is 29.2 Å². The number of nitrogens with zero attached hydrogens (tertiary/aromatic N) is 3. The zero-order valence-electron chi connectivity index (χ0n) is 8.32. The lowest BCUT2D eigenvalue weighted by molar-refractivity contribution is 1.06. The second kappa shape index (κ2) is 4.99. The fraction of sp³-hybridized carbons (Fsp3) is 0.100. The summed E-state index contributed by atoms with van der Waals surface area (Å²) in [6.07, 6.45) is 2.02. The Bertz CT molecular complexity index is 482. The van der Waals surface area contributed by atoms with E-state index in [0.717, 1.165) is 5.56 Å². The van der Waals surface area contributed by atoms with E-state index in [9.17, 15) is 0 Å². The van der Waals surface area contributed by atoms with Crippen molar-refractivity contribution in [2.75, 3.05) is 6.26 Å². The minimum atomic E-state index is 0.101. The Hall–Kier alpha value is -0.840. The molecule has 0 aliphatic rings. The molecule has 0 atom stereocenters. The first kappa shape index (κ1) is 11.6. The number of thioether (sulfide) groups is 1. The van der Waals surface area contributed by atoms with Gasteiger partial charge in [0.1, 0.15) is 0 Å². The maximum absolute atomic E-state index is 5.71. The number of halogens is 2. The monoisotopic (exact) mass is 271 g/mol. The van der Waals surface area contributed by atoms with Crippen LogP contribution >= 0.6 is 35.0 Å². The van der Waals surface area contributed by atoms with E-state index >= 15 is 0 Å². The fourth-order valence-electron chi connectivity index (χ4n) is 1.20. The predicted octanol–water partition coefficient (Wildman–Crippen LogP) is 3.57. The second-order valence-electron chi connectivity index (χ2n) is 2.93. The van der Waals surface area contributed by atoms with E-state index < -0.39 is 0 Å². The molecule has 0 fully saturated rings. The Morgan fingerprint density at radius 2 is 1.50 bits per heavy atom. The SMILES string of the molecule is CSc1ccc(-c2nc(Cl)nc(Cl)n2)cc1. The molecule has 0 amide bonds. The van der Waals surface area contributed by atoms with Gasteiger partial charge in [-0.25, -0.2) is 0 Å². The fourth-order valence-corrected chi connectivity index (χ4v) is 1.97. The molecule has 2 rings (SSSR count). The van der Waals surface area contributed by atoms with Gasteiger partial charge in [0.2, 0.25) is 10.6 Å². The zero-order valence-corrected chi connectivity index (χ0v) is 10.6. The Kier molecular flexibility index (Phi) is 3.63. The second-order valence-corrected chi connectivity index (χ2v) is 4.48. The van der Waals surface area contributed by atoms with Crippen molar-refractivity contribution in [1.82, 2.24) is 15.0 Å². The van der Waals surface area contributed by atoms with Crippen molar-refractivity contribution in [3.8, 4) is 11.4 Å². The maximum atomic E-state index is 5.71. The van der Waals surface area contributed by atoms with Gasteiger partial charge in [-0.2, -0.15) is 15.0 Å². The Balaban J connectivity index is 2.42. The number of benzene rings is 1. The average molecular weight is 272 g/mol. The van der Waals surface area contributed by atoms with Crippen LogP contribution in [0.25, 0.3) is 11.4 Å². The summed E-state index contributed by atoms with van der Waals surface area (Å²) in [5.41, 5.74) is 0.865. The van der Waals surface area contributed by atoms with Gasteiger partial charge in [0.05, 0.1) is 0 Å². The Labute approximate surface area is 107 Å². The van der Waals surface area contributed by atoms with Crippen LogP contribution < -0.4 is 0 Å². The molecular weight excluding hydrogens is 265 g/mol. The summed E-state index contributed by atoms with van der Waals surface area (Å²) >= 11 is 13.1. The highest BCUT2D eigenvalue weighted by atomic mass is 35.5. The topological polar surface area (TPSA) is 38.7 Å². The summed E-state index contributed by atoms with van der Waals surface area (Å²) < 4.78 is 0. The molecule has 0 spiro atoms. The van der Waals surface area contributed by atoms with Crippen LogP contribution in [-0.2, 0) is 0 Å². The number of hydrogen-bond donors (Lipinski definition) is 0. The zero-order chi connectivity index (χ0) is 11.5. The number of aromatic nitrogens is 3. The molecule has 3 nitrogen and oxygen atoms in total. The molecule has 16 heavy (non-hydrogen) atoms. The molecular formula is C10H7Cl2N3S. The van der Waals surface area contributed by atoms with Crippen LogP contribution in [-0.4, -0.2) is 21.2 Å². The molecule has 1 heterocycles. The molecule has 0 saturated carbocycles. The van der Waals surface area contributed by atoms with Crippen LogP contribution in [0, 0.1) is 0 Å². The lowest BCUT2D eigenvalue weighted by Gasteiger charge is -2.01. The summed E-state index contributed by atoms with van der Waals surface area (Å²) in [5.74, 6) is 0.484. The Morgan fingerprint density at radius 3 is 2.00 bits per heavy atom. The van der Waals surface area contributed by atoms with Crippen molar-refractivity contribution in [2.24, 2.45) is 0 Å². The largest absolute Gasteiger partial charge is 0.227 e. The molecule has 0 saturated heterocycles. The van der Waals surface area contributed by atoms with Gasteiger partial charge >= 0.3 is 0 Å². The van der Waals surface area contributed by atoms with Crippen molar-refractivity contribution >= 4 is 35.0 Å². The van der Waals surface area contributed by atoms with Crippen LogP contribution in [0.5, 0.6) is 0 Å². The lowest BCUT2D eigenvalue weighted by atomic mass is 10.2. The van der Waals surface area contributed by atoms with Crippen LogP contribution in [0.3, 0.4) is 0 Å². The van der Waals surface area contributed by atoms with E-state index in [1.165, 1.54) is 4.90 Å². The number of hydrogen-bond acceptors (Lipinski definition) is 4. The van der Waals surface area contributed by atoms with Gasteiger partial charge in [-0.3, -0.25) is 0 Å². The molecule has 0 N–H and O–H groups in total. The first-order valence-corrected chi connectivity index (χ1v) is 6.38. The van der Waals surface area contributed by atoms with Crippen molar-refractivity contribution in [2.45, 2.75) is 4.90 Å². The summed E-state index contributed by atoms with van der Waals surface area (Å²) in [4.78, 5) is 12.9. The summed E-state index contributed by atoms with van der Waals surface area (Å²) in [5, 5.41) is 0.202. The van der Waals surface area contributed by atoms with E-state index in [0.29, 0.717) is 5.82 Å². The molecule has 0 radical (unpaired) electrons.